The van der Waals surface area contributed by atoms with Gasteiger partial charge in [0.15, 0.2) is 10.8 Å². The Hall–Kier alpha value is -2.82. The van der Waals surface area contributed by atoms with Crippen LogP contribution in [0.4, 0.5) is 0 Å². The van der Waals surface area contributed by atoms with Gasteiger partial charge in [-0.05, 0) is 5.56 Å². The van der Waals surface area contributed by atoms with Crippen LogP contribution >= 0.6 is 0 Å². The van der Waals surface area contributed by atoms with Crippen molar-refractivity contribution in [2.24, 2.45) is 10.8 Å². The van der Waals surface area contributed by atoms with Crippen molar-refractivity contribution in [1.29, 1.82) is 21.0 Å². The molecular formula is C13H6N4. The summed E-state index contributed by atoms with van der Waals surface area (Å²) in [5, 5.41) is 36.4. The van der Waals surface area contributed by atoms with Crippen LogP contribution in [0.5, 0.6) is 0 Å². The van der Waals surface area contributed by atoms with Gasteiger partial charge in [-0.1, -0.05) is 30.3 Å². The lowest BCUT2D eigenvalue weighted by molar-refractivity contribution is 0.727. The van der Waals surface area contributed by atoms with Gasteiger partial charge in [-0.3, -0.25) is 0 Å². The predicted molar refractivity (Wildman–Crippen MR) is 56.5 cm³/mol. The fraction of sp³-hybridized carbons (Fsp3) is 0.231. The average molecular weight is 218 g/mol. The standard InChI is InChI=1S/C13H6N4/c14-6-12(7-15)11(13(12,8-16)9-17)10-4-2-1-3-5-10/h1-5,11H. The van der Waals surface area contributed by atoms with Crippen LogP contribution in [0, 0.1) is 56.2 Å². The molecule has 1 aliphatic rings. The van der Waals surface area contributed by atoms with E-state index in [-0.39, 0.29) is 0 Å². The van der Waals surface area contributed by atoms with Crippen LogP contribution in [0.1, 0.15) is 11.5 Å². The SMILES string of the molecule is N#CC1(C#N)C(c2ccccc2)C1(C#N)C#N. The first-order valence-electron chi connectivity index (χ1n) is 4.92. The Morgan fingerprint density at radius 2 is 1.18 bits per heavy atom. The van der Waals surface area contributed by atoms with Gasteiger partial charge in [0.25, 0.3) is 0 Å². The lowest BCUT2D eigenvalue weighted by Gasteiger charge is -1.97. The lowest BCUT2D eigenvalue weighted by atomic mass is 9.98. The summed E-state index contributed by atoms with van der Waals surface area (Å²) in [6, 6.07) is 16.1. The minimum Gasteiger partial charge on any atom is -0.196 e. The molecule has 0 heterocycles. The molecule has 0 amide bonds. The van der Waals surface area contributed by atoms with E-state index in [1.807, 2.05) is 24.3 Å². The van der Waals surface area contributed by atoms with Crippen molar-refractivity contribution in [3.63, 3.8) is 0 Å². The molecule has 0 radical (unpaired) electrons. The number of hydrogen-bond donors (Lipinski definition) is 0. The Morgan fingerprint density at radius 3 is 1.53 bits per heavy atom. The van der Waals surface area contributed by atoms with Gasteiger partial charge in [0, 0.05) is 0 Å². The molecule has 1 aromatic rings. The van der Waals surface area contributed by atoms with Crippen LogP contribution in [0.3, 0.4) is 0 Å². The molecule has 0 aromatic heterocycles. The molecule has 0 atom stereocenters. The summed E-state index contributed by atoms with van der Waals surface area (Å²) in [7, 11) is 0. The third-order valence-electron chi connectivity index (χ3n) is 3.24. The second-order valence-electron chi connectivity index (χ2n) is 3.91. The highest BCUT2D eigenvalue weighted by Crippen LogP contribution is 2.73. The molecule has 0 saturated heterocycles. The monoisotopic (exact) mass is 218 g/mol. The maximum Gasteiger partial charge on any atom is 0.185 e. The van der Waals surface area contributed by atoms with Gasteiger partial charge in [-0.2, -0.15) is 21.0 Å². The van der Waals surface area contributed by atoms with Crippen molar-refractivity contribution in [2.45, 2.75) is 5.92 Å². The zero-order valence-electron chi connectivity index (χ0n) is 8.75. The van der Waals surface area contributed by atoms with Gasteiger partial charge < -0.3 is 0 Å². The Morgan fingerprint density at radius 1 is 0.765 bits per heavy atom. The molecule has 4 nitrogen and oxygen atoms in total. The van der Waals surface area contributed by atoms with E-state index < -0.39 is 16.7 Å². The van der Waals surface area contributed by atoms with E-state index in [1.165, 1.54) is 0 Å². The summed E-state index contributed by atoms with van der Waals surface area (Å²) in [6.07, 6.45) is 0. The second-order valence-corrected chi connectivity index (χ2v) is 3.91. The summed E-state index contributed by atoms with van der Waals surface area (Å²) < 4.78 is 0. The maximum atomic E-state index is 9.11. The summed E-state index contributed by atoms with van der Waals surface area (Å²) >= 11 is 0. The van der Waals surface area contributed by atoms with Crippen LogP contribution in [0.25, 0.3) is 0 Å². The van der Waals surface area contributed by atoms with E-state index >= 15 is 0 Å². The van der Waals surface area contributed by atoms with Crippen LogP contribution in [-0.4, -0.2) is 0 Å². The quantitative estimate of drug-likeness (QED) is 0.718. The van der Waals surface area contributed by atoms with Crippen molar-refractivity contribution in [3.8, 4) is 24.3 Å². The van der Waals surface area contributed by atoms with Gasteiger partial charge in [0.05, 0.1) is 30.2 Å². The Kier molecular flexibility index (Phi) is 2.10. The van der Waals surface area contributed by atoms with E-state index in [1.54, 1.807) is 30.3 Å². The van der Waals surface area contributed by atoms with Gasteiger partial charge >= 0.3 is 0 Å². The first-order chi connectivity index (χ1) is 8.22. The number of nitriles is 4. The van der Waals surface area contributed by atoms with Gasteiger partial charge in [-0.25, -0.2) is 0 Å². The zero-order valence-corrected chi connectivity index (χ0v) is 8.75. The number of benzene rings is 1. The lowest BCUT2D eigenvalue weighted by Crippen LogP contribution is -2.05. The zero-order chi connectivity index (χ0) is 12.5. The molecule has 0 aliphatic heterocycles. The third kappa shape index (κ3) is 1.02. The minimum absolute atomic E-state index is 0.652. The molecule has 1 aromatic carbocycles. The molecule has 17 heavy (non-hydrogen) atoms. The number of rotatable bonds is 1. The van der Waals surface area contributed by atoms with Crippen molar-refractivity contribution in [2.75, 3.05) is 0 Å². The van der Waals surface area contributed by atoms with Crippen molar-refractivity contribution in [3.05, 3.63) is 35.9 Å². The maximum absolute atomic E-state index is 9.11. The van der Waals surface area contributed by atoms with E-state index in [2.05, 4.69) is 0 Å². The molecule has 0 unspecified atom stereocenters. The molecule has 2 rings (SSSR count). The molecule has 1 fully saturated rings. The summed E-state index contributed by atoms with van der Waals surface area (Å²) in [5.41, 5.74) is -2.41. The summed E-state index contributed by atoms with van der Waals surface area (Å²) in [6.45, 7) is 0. The first kappa shape index (κ1) is 10.7. The van der Waals surface area contributed by atoms with Gasteiger partial charge in [0.2, 0.25) is 0 Å². The highest BCUT2D eigenvalue weighted by molar-refractivity contribution is 5.58. The smallest absolute Gasteiger partial charge is 0.185 e. The molecule has 4 heteroatoms. The van der Waals surface area contributed by atoms with E-state index in [0.717, 1.165) is 0 Å². The van der Waals surface area contributed by atoms with Crippen LogP contribution in [-0.2, 0) is 0 Å². The Bertz CT molecular complexity index is 553. The molecule has 0 bridgehead atoms. The summed E-state index contributed by atoms with van der Waals surface area (Å²) in [5.74, 6) is -0.652. The molecule has 0 spiro atoms. The number of hydrogen-bond acceptors (Lipinski definition) is 4. The highest BCUT2D eigenvalue weighted by atomic mass is 14.8. The van der Waals surface area contributed by atoms with E-state index in [0.29, 0.717) is 5.56 Å². The van der Waals surface area contributed by atoms with Gasteiger partial charge in [-0.15, -0.1) is 0 Å². The fourth-order valence-electron chi connectivity index (χ4n) is 2.28. The van der Waals surface area contributed by atoms with Crippen LogP contribution < -0.4 is 0 Å². The Labute approximate surface area is 98.6 Å². The van der Waals surface area contributed by atoms with E-state index in [4.69, 9.17) is 21.0 Å². The number of nitrogens with zero attached hydrogens (tertiary/aromatic N) is 4. The minimum atomic E-state index is -1.54. The van der Waals surface area contributed by atoms with Gasteiger partial charge in [0.1, 0.15) is 0 Å². The van der Waals surface area contributed by atoms with Crippen LogP contribution in [0.15, 0.2) is 30.3 Å². The molecule has 1 aliphatic carbocycles. The van der Waals surface area contributed by atoms with Crippen molar-refractivity contribution < 1.29 is 0 Å². The molecule has 78 valence electrons. The van der Waals surface area contributed by atoms with E-state index in [9.17, 15) is 0 Å². The summed E-state index contributed by atoms with van der Waals surface area (Å²) in [4.78, 5) is 0. The second kappa shape index (κ2) is 3.34. The topological polar surface area (TPSA) is 95.2 Å². The predicted octanol–water partition coefficient (Wildman–Crippen LogP) is 1.85. The largest absolute Gasteiger partial charge is 0.196 e. The van der Waals surface area contributed by atoms with Crippen molar-refractivity contribution in [1.82, 2.24) is 0 Å². The first-order valence-corrected chi connectivity index (χ1v) is 4.92. The normalized spacial score (nSPS) is 19.1. The highest BCUT2D eigenvalue weighted by Gasteiger charge is 2.81. The average Bonchev–Trinajstić information content (AvgIpc) is 3.02. The van der Waals surface area contributed by atoms with Crippen molar-refractivity contribution >= 4 is 0 Å². The molecular weight excluding hydrogens is 212 g/mol. The molecule has 0 N–H and O–H groups in total. The third-order valence-corrected chi connectivity index (χ3v) is 3.24. The fourth-order valence-corrected chi connectivity index (χ4v) is 2.28. The molecule has 1 saturated carbocycles. The van der Waals surface area contributed by atoms with Crippen LogP contribution in [0.2, 0.25) is 0 Å². The Balaban J connectivity index is 2.61.